The van der Waals surface area contributed by atoms with Crippen molar-refractivity contribution in [3.8, 4) is 16.9 Å². The van der Waals surface area contributed by atoms with E-state index in [2.05, 4.69) is 17.1 Å². The topological polar surface area (TPSA) is 63.9 Å². The Morgan fingerprint density at radius 2 is 2.22 bits per heavy atom. The number of hydrogen-bond acceptors (Lipinski definition) is 3. The van der Waals surface area contributed by atoms with Crippen LogP contribution in [0.4, 0.5) is 10.2 Å². The summed E-state index contributed by atoms with van der Waals surface area (Å²) in [6.07, 6.45) is 1.79. The van der Waals surface area contributed by atoms with Crippen LogP contribution in [0.2, 0.25) is 0 Å². The summed E-state index contributed by atoms with van der Waals surface area (Å²) in [5, 5.41) is 6.88. The summed E-state index contributed by atoms with van der Waals surface area (Å²) in [5.41, 5.74) is 8.25. The minimum absolute atomic E-state index is 0.220. The minimum atomic E-state index is -0.405. The SMILES string of the molecule is CCCc1[nH]nc(N)c1-c1ccc(OC)c(F)c1. The number of rotatable bonds is 4. The zero-order chi connectivity index (χ0) is 13.1. The summed E-state index contributed by atoms with van der Waals surface area (Å²) in [5.74, 6) is 0.207. The van der Waals surface area contributed by atoms with Crippen LogP contribution < -0.4 is 10.5 Å². The first-order valence-corrected chi connectivity index (χ1v) is 5.84. The molecule has 3 N–H and O–H groups in total. The van der Waals surface area contributed by atoms with E-state index in [0.29, 0.717) is 11.4 Å². The number of nitrogens with one attached hydrogen (secondary N) is 1. The second kappa shape index (κ2) is 5.08. The van der Waals surface area contributed by atoms with Gasteiger partial charge in [0, 0.05) is 11.3 Å². The lowest BCUT2D eigenvalue weighted by Gasteiger charge is -2.06. The monoisotopic (exact) mass is 249 g/mol. The molecule has 0 bridgehead atoms. The molecule has 0 fully saturated rings. The summed E-state index contributed by atoms with van der Waals surface area (Å²) < 4.78 is 18.6. The molecule has 1 aromatic heterocycles. The van der Waals surface area contributed by atoms with E-state index >= 15 is 0 Å². The van der Waals surface area contributed by atoms with Crippen molar-refractivity contribution in [2.75, 3.05) is 12.8 Å². The summed E-state index contributed by atoms with van der Waals surface area (Å²) >= 11 is 0. The molecule has 0 aliphatic carbocycles. The van der Waals surface area contributed by atoms with Gasteiger partial charge in [0.15, 0.2) is 17.4 Å². The maximum absolute atomic E-state index is 13.7. The lowest BCUT2D eigenvalue weighted by Crippen LogP contribution is -1.93. The van der Waals surface area contributed by atoms with Crippen molar-refractivity contribution >= 4 is 5.82 Å². The van der Waals surface area contributed by atoms with E-state index < -0.39 is 5.82 Å². The Hall–Kier alpha value is -2.04. The molecule has 18 heavy (non-hydrogen) atoms. The summed E-state index contributed by atoms with van der Waals surface area (Å²) in [7, 11) is 1.44. The molecule has 5 heteroatoms. The van der Waals surface area contributed by atoms with Crippen molar-refractivity contribution in [3.05, 3.63) is 29.7 Å². The number of benzene rings is 1. The average molecular weight is 249 g/mol. The fraction of sp³-hybridized carbons (Fsp3) is 0.308. The van der Waals surface area contributed by atoms with Crippen LogP contribution >= 0.6 is 0 Å². The molecule has 0 amide bonds. The molecule has 0 saturated heterocycles. The number of hydrogen-bond donors (Lipinski definition) is 2. The highest BCUT2D eigenvalue weighted by Crippen LogP contribution is 2.31. The van der Waals surface area contributed by atoms with Gasteiger partial charge in [0.1, 0.15) is 0 Å². The van der Waals surface area contributed by atoms with Crippen LogP contribution in [0.15, 0.2) is 18.2 Å². The molecule has 4 nitrogen and oxygen atoms in total. The van der Waals surface area contributed by atoms with Crippen LogP contribution in [0.5, 0.6) is 5.75 Å². The molecule has 0 radical (unpaired) electrons. The number of aromatic nitrogens is 2. The van der Waals surface area contributed by atoms with Crippen LogP contribution in [0, 0.1) is 5.82 Å². The molecule has 0 saturated carbocycles. The first-order valence-electron chi connectivity index (χ1n) is 5.84. The quantitative estimate of drug-likeness (QED) is 0.875. The predicted octanol–water partition coefficient (Wildman–Crippen LogP) is 2.76. The maximum atomic E-state index is 13.7. The Kier molecular flexibility index (Phi) is 3.50. The van der Waals surface area contributed by atoms with Crippen LogP contribution in [-0.4, -0.2) is 17.3 Å². The third-order valence-corrected chi connectivity index (χ3v) is 2.81. The zero-order valence-electron chi connectivity index (χ0n) is 10.5. The minimum Gasteiger partial charge on any atom is -0.494 e. The van der Waals surface area contributed by atoms with Gasteiger partial charge >= 0.3 is 0 Å². The lowest BCUT2D eigenvalue weighted by atomic mass is 10.0. The van der Waals surface area contributed by atoms with Crippen molar-refractivity contribution < 1.29 is 9.13 Å². The number of nitrogens with two attached hydrogens (primary N) is 1. The van der Waals surface area contributed by atoms with Crippen molar-refractivity contribution in [2.24, 2.45) is 0 Å². The Balaban J connectivity index is 2.48. The van der Waals surface area contributed by atoms with Crippen LogP contribution in [0.25, 0.3) is 11.1 Å². The number of H-pyrrole nitrogens is 1. The van der Waals surface area contributed by atoms with Gasteiger partial charge in [-0.15, -0.1) is 0 Å². The fourth-order valence-electron chi connectivity index (χ4n) is 1.97. The molecule has 2 rings (SSSR count). The van der Waals surface area contributed by atoms with E-state index in [1.54, 1.807) is 12.1 Å². The first kappa shape index (κ1) is 12.4. The Bertz CT molecular complexity index is 551. The maximum Gasteiger partial charge on any atom is 0.165 e. The van der Waals surface area contributed by atoms with Gasteiger partial charge < -0.3 is 10.5 Å². The number of aryl methyl sites for hydroxylation is 1. The van der Waals surface area contributed by atoms with Gasteiger partial charge in [0.2, 0.25) is 0 Å². The highest BCUT2D eigenvalue weighted by Gasteiger charge is 2.14. The van der Waals surface area contributed by atoms with Crippen LogP contribution in [0.3, 0.4) is 0 Å². The lowest BCUT2D eigenvalue weighted by molar-refractivity contribution is 0.386. The van der Waals surface area contributed by atoms with Crippen molar-refractivity contribution in [1.29, 1.82) is 0 Å². The van der Waals surface area contributed by atoms with E-state index in [0.717, 1.165) is 24.1 Å². The number of aromatic amines is 1. The van der Waals surface area contributed by atoms with Crippen LogP contribution in [0.1, 0.15) is 19.0 Å². The number of nitrogens with zero attached hydrogens (tertiary/aromatic N) is 1. The normalized spacial score (nSPS) is 10.6. The molecule has 0 aliphatic rings. The van der Waals surface area contributed by atoms with Gasteiger partial charge in [-0.2, -0.15) is 5.10 Å². The van der Waals surface area contributed by atoms with Crippen molar-refractivity contribution in [3.63, 3.8) is 0 Å². The van der Waals surface area contributed by atoms with E-state index in [4.69, 9.17) is 10.5 Å². The van der Waals surface area contributed by atoms with Crippen molar-refractivity contribution in [2.45, 2.75) is 19.8 Å². The van der Waals surface area contributed by atoms with E-state index in [9.17, 15) is 4.39 Å². The molecule has 0 spiro atoms. The molecule has 0 aliphatic heterocycles. The average Bonchev–Trinajstić information content (AvgIpc) is 2.71. The van der Waals surface area contributed by atoms with Gasteiger partial charge in [-0.25, -0.2) is 4.39 Å². The van der Waals surface area contributed by atoms with E-state index in [1.807, 2.05) is 0 Å². The smallest absolute Gasteiger partial charge is 0.165 e. The molecule has 0 atom stereocenters. The molecular formula is C13H16FN3O. The summed E-state index contributed by atoms with van der Waals surface area (Å²) in [6, 6.07) is 4.79. The number of halogens is 1. The van der Waals surface area contributed by atoms with Gasteiger partial charge in [-0.05, 0) is 24.1 Å². The molecular weight excluding hydrogens is 233 g/mol. The Morgan fingerprint density at radius 1 is 1.44 bits per heavy atom. The fourth-order valence-corrected chi connectivity index (χ4v) is 1.97. The molecule has 96 valence electrons. The third-order valence-electron chi connectivity index (χ3n) is 2.81. The van der Waals surface area contributed by atoms with Gasteiger partial charge in [-0.1, -0.05) is 19.4 Å². The van der Waals surface area contributed by atoms with E-state index in [1.165, 1.54) is 13.2 Å². The Morgan fingerprint density at radius 3 is 2.83 bits per heavy atom. The number of anilines is 1. The Labute approximate surface area is 105 Å². The zero-order valence-corrected chi connectivity index (χ0v) is 10.5. The van der Waals surface area contributed by atoms with Gasteiger partial charge in [-0.3, -0.25) is 5.10 Å². The van der Waals surface area contributed by atoms with Crippen molar-refractivity contribution in [1.82, 2.24) is 10.2 Å². The number of methoxy groups -OCH3 is 1. The second-order valence-corrected chi connectivity index (χ2v) is 4.06. The largest absolute Gasteiger partial charge is 0.494 e. The number of nitrogen functional groups attached to an aromatic ring is 1. The predicted molar refractivity (Wildman–Crippen MR) is 68.9 cm³/mol. The van der Waals surface area contributed by atoms with Gasteiger partial charge in [0.05, 0.1) is 7.11 Å². The van der Waals surface area contributed by atoms with Crippen LogP contribution in [-0.2, 0) is 6.42 Å². The molecule has 1 heterocycles. The first-order chi connectivity index (χ1) is 8.67. The molecule has 2 aromatic rings. The number of ether oxygens (including phenoxy) is 1. The van der Waals surface area contributed by atoms with Gasteiger partial charge in [0.25, 0.3) is 0 Å². The summed E-state index contributed by atoms with van der Waals surface area (Å²) in [4.78, 5) is 0. The third kappa shape index (κ3) is 2.16. The van der Waals surface area contributed by atoms with E-state index in [-0.39, 0.29) is 5.75 Å². The highest BCUT2D eigenvalue weighted by atomic mass is 19.1. The highest BCUT2D eigenvalue weighted by molar-refractivity contribution is 5.76. The second-order valence-electron chi connectivity index (χ2n) is 4.06. The molecule has 1 aromatic carbocycles. The summed E-state index contributed by atoms with van der Waals surface area (Å²) in [6.45, 7) is 2.06. The standard InChI is InChI=1S/C13H16FN3O/c1-3-4-10-12(13(15)17-16-10)8-5-6-11(18-2)9(14)7-8/h5-7H,3-4H2,1-2H3,(H3,15,16,17). The molecule has 0 unspecified atom stereocenters.